The lowest BCUT2D eigenvalue weighted by Gasteiger charge is -2.21. The topological polar surface area (TPSA) is 21.3 Å². The summed E-state index contributed by atoms with van der Waals surface area (Å²) in [5.41, 5.74) is 0. The summed E-state index contributed by atoms with van der Waals surface area (Å²) >= 11 is 4.90. The van der Waals surface area contributed by atoms with E-state index in [1.807, 2.05) is 12.1 Å². The lowest BCUT2D eigenvalue weighted by atomic mass is 10.1. The Labute approximate surface area is 103 Å². The molecule has 82 valence electrons. The van der Waals surface area contributed by atoms with Crippen molar-refractivity contribution < 1.29 is 4.18 Å². The van der Waals surface area contributed by atoms with Crippen LogP contribution in [0.5, 0.6) is 0 Å². The third-order valence-electron chi connectivity index (χ3n) is 2.38. The molecule has 15 heavy (non-hydrogen) atoms. The Morgan fingerprint density at radius 1 is 1.20 bits per heavy atom. The zero-order valence-corrected chi connectivity index (χ0v) is 10.8. The van der Waals surface area contributed by atoms with Crippen LogP contribution in [0.3, 0.4) is 0 Å². The molecule has 1 fully saturated rings. The normalized spacial score (nSPS) is 17.9. The first kappa shape index (κ1) is 11.5. The van der Waals surface area contributed by atoms with Gasteiger partial charge in [0.25, 0.3) is 0 Å². The van der Waals surface area contributed by atoms with Gasteiger partial charge in [-0.3, -0.25) is 0 Å². The fraction of sp³-hybridized carbons (Fsp3) is 0.455. The Morgan fingerprint density at radius 3 is 2.53 bits per heavy atom. The molecule has 0 spiro atoms. The molecule has 2 nitrogen and oxygen atoms in total. The van der Waals surface area contributed by atoms with Gasteiger partial charge in [0.05, 0.1) is 6.10 Å². The van der Waals surface area contributed by atoms with Crippen molar-refractivity contribution >= 4 is 28.0 Å². The largest absolute Gasteiger partial charge is 0.317 e. The first-order chi connectivity index (χ1) is 7.34. The standard InChI is InChI=1S/C11H14BrNOS/c12-9-1-3-11(4-2-9)15-14-10-5-7-13-8-6-10/h1-4,10,13H,5-8H2. The number of hydrogen-bond acceptors (Lipinski definition) is 3. The molecule has 1 aliphatic heterocycles. The van der Waals surface area contributed by atoms with Crippen LogP contribution in [0.1, 0.15) is 12.8 Å². The maximum Gasteiger partial charge on any atom is 0.0751 e. The monoisotopic (exact) mass is 287 g/mol. The fourth-order valence-electron chi connectivity index (χ4n) is 1.51. The second-order valence-corrected chi connectivity index (χ2v) is 5.33. The van der Waals surface area contributed by atoms with E-state index in [2.05, 4.69) is 33.4 Å². The molecule has 0 unspecified atom stereocenters. The molecule has 0 saturated carbocycles. The van der Waals surface area contributed by atoms with Crippen LogP contribution in [-0.4, -0.2) is 19.2 Å². The summed E-state index contributed by atoms with van der Waals surface area (Å²) in [4.78, 5) is 1.16. The third kappa shape index (κ3) is 3.79. The number of piperidine rings is 1. The molecule has 1 N–H and O–H groups in total. The second-order valence-electron chi connectivity index (χ2n) is 3.58. The van der Waals surface area contributed by atoms with E-state index >= 15 is 0 Å². The van der Waals surface area contributed by atoms with E-state index in [1.54, 1.807) is 0 Å². The Bertz CT molecular complexity index is 298. The van der Waals surface area contributed by atoms with Gasteiger partial charge in [0, 0.05) is 21.4 Å². The Kier molecular flexibility index (Phi) is 4.50. The number of benzene rings is 1. The average Bonchev–Trinajstić information content (AvgIpc) is 2.30. The maximum absolute atomic E-state index is 5.77. The van der Waals surface area contributed by atoms with Gasteiger partial charge in [-0.15, -0.1) is 0 Å². The summed E-state index contributed by atoms with van der Waals surface area (Å²) in [6.07, 6.45) is 2.63. The number of nitrogens with one attached hydrogen (secondary N) is 1. The Morgan fingerprint density at radius 2 is 1.87 bits per heavy atom. The van der Waals surface area contributed by atoms with E-state index in [1.165, 1.54) is 12.0 Å². The molecule has 1 aromatic rings. The lowest BCUT2D eigenvalue weighted by Crippen LogP contribution is -2.31. The minimum Gasteiger partial charge on any atom is -0.317 e. The highest BCUT2D eigenvalue weighted by atomic mass is 79.9. The van der Waals surface area contributed by atoms with Crippen molar-refractivity contribution in [1.29, 1.82) is 0 Å². The van der Waals surface area contributed by atoms with Crippen LogP contribution in [0, 0.1) is 0 Å². The van der Waals surface area contributed by atoms with Crippen molar-refractivity contribution in [2.24, 2.45) is 0 Å². The minimum atomic E-state index is 0.403. The van der Waals surface area contributed by atoms with Crippen molar-refractivity contribution in [2.75, 3.05) is 13.1 Å². The smallest absolute Gasteiger partial charge is 0.0751 e. The Hall–Kier alpha value is -0.0300. The van der Waals surface area contributed by atoms with Crippen LogP contribution < -0.4 is 5.32 Å². The predicted molar refractivity (Wildman–Crippen MR) is 67.0 cm³/mol. The van der Waals surface area contributed by atoms with Gasteiger partial charge in [0.15, 0.2) is 0 Å². The van der Waals surface area contributed by atoms with E-state index in [4.69, 9.17) is 4.18 Å². The number of rotatable bonds is 3. The van der Waals surface area contributed by atoms with Crippen molar-refractivity contribution in [3.05, 3.63) is 28.7 Å². The van der Waals surface area contributed by atoms with E-state index in [0.717, 1.165) is 35.3 Å². The molecule has 1 saturated heterocycles. The molecule has 1 aliphatic rings. The third-order valence-corrected chi connectivity index (χ3v) is 3.74. The summed E-state index contributed by atoms with van der Waals surface area (Å²) in [5, 5.41) is 3.32. The summed E-state index contributed by atoms with van der Waals surface area (Å²) < 4.78 is 6.88. The summed E-state index contributed by atoms with van der Waals surface area (Å²) in [7, 11) is 0. The van der Waals surface area contributed by atoms with Gasteiger partial charge < -0.3 is 9.50 Å². The van der Waals surface area contributed by atoms with Gasteiger partial charge >= 0.3 is 0 Å². The van der Waals surface area contributed by atoms with Gasteiger partial charge in [0.1, 0.15) is 0 Å². The first-order valence-electron chi connectivity index (χ1n) is 5.14. The molecule has 0 bridgehead atoms. The van der Waals surface area contributed by atoms with Crippen molar-refractivity contribution in [2.45, 2.75) is 23.8 Å². The maximum atomic E-state index is 5.77. The lowest BCUT2D eigenvalue weighted by molar-refractivity contribution is 0.194. The van der Waals surface area contributed by atoms with Crippen LogP contribution in [0.4, 0.5) is 0 Å². The number of halogens is 1. The van der Waals surface area contributed by atoms with E-state index in [0.29, 0.717) is 6.10 Å². The first-order valence-corrected chi connectivity index (χ1v) is 6.68. The second kappa shape index (κ2) is 5.89. The average molecular weight is 288 g/mol. The summed E-state index contributed by atoms with van der Waals surface area (Å²) in [5.74, 6) is 0. The van der Waals surface area contributed by atoms with Crippen molar-refractivity contribution in [1.82, 2.24) is 5.32 Å². The molecule has 0 amide bonds. The molecular formula is C11H14BrNOS. The highest BCUT2D eigenvalue weighted by Crippen LogP contribution is 2.25. The van der Waals surface area contributed by atoms with Gasteiger partial charge in [-0.25, -0.2) is 0 Å². The van der Waals surface area contributed by atoms with Gasteiger partial charge in [-0.05, 0) is 50.2 Å². The van der Waals surface area contributed by atoms with Crippen molar-refractivity contribution in [3.8, 4) is 0 Å². The molecule has 4 heteroatoms. The van der Waals surface area contributed by atoms with Crippen LogP contribution in [-0.2, 0) is 4.18 Å². The Balaban J connectivity index is 1.79. The SMILES string of the molecule is Brc1ccc(SOC2CCNCC2)cc1. The molecular weight excluding hydrogens is 274 g/mol. The molecule has 0 radical (unpaired) electrons. The molecule has 1 aromatic carbocycles. The fourth-order valence-corrected chi connectivity index (χ4v) is 2.46. The van der Waals surface area contributed by atoms with Gasteiger partial charge in [0.2, 0.25) is 0 Å². The molecule has 2 rings (SSSR count). The predicted octanol–water partition coefficient (Wildman–Crippen LogP) is 3.22. The highest BCUT2D eigenvalue weighted by Gasteiger charge is 2.13. The van der Waals surface area contributed by atoms with Crippen LogP contribution in [0.25, 0.3) is 0 Å². The van der Waals surface area contributed by atoms with Crippen molar-refractivity contribution in [3.63, 3.8) is 0 Å². The molecule has 0 aliphatic carbocycles. The zero-order chi connectivity index (χ0) is 10.5. The minimum absolute atomic E-state index is 0.403. The van der Waals surface area contributed by atoms with Crippen LogP contribution >= 0.6 is 28.0 Å². The summed E-state index contributed by atoms with van der Waals surface area (Å²) in [6.45, 7) is 2.15. The van der Waals surface area contributed by atoms with Crippen LogP contribution in [0.2, 0.25) is 0 Å². The number of hydrogen-bond donors (Lipinski definition) is 1. The van der Waals surface area contributed by atoms with Gasteiger partial charge in [-0.1, -0.05) is 15.9 Å². The van der Waals surface area contributed by atoms with Crippen LogP contribution in [0.15, 0.2) is 33.6 Å². The molecule has 0 aromatic heterocycles. The van der Waals surface area contributed by atoms with Gasteiger partial charge in [-0.2, -0.15) is 0 Å². The van der Waals surface area contributed by atoms with E-state index < -0.39 is 0 Å². The quantitative estimate of drug-likeness (QED) is 0.863. The van der Waals surface area contributed by atoms with E-state index in [9.17, 15) is 0 Å². The zero-order valence-electron chi connectivity index (χ0n) is 8.41. The summed E-state index contributed by atoms with van der Waals surface area (Å²) in [6, 6.07) is 8.20. The molecule has 1 heterocycles. The van der Waals surface area contributed by atoms with E-state index in [-0.39, 0.29) is 0 Å². The molecule has 0 atom stereocenters. The highest BCUT2D eigenvalue weighted by molar-refractivity contribution is 9.10.